The molecule has 0 amide bonds. The zero-order chi connectivity index (χ0) is 10.2. The van der Waals surface area contributed by atoms with Gasteiger partial charge in [-0.15, -0.1) is 11.6 Å². The largest absolute Gasteiger partial charge is 0.271 e. The molecular formula is C10H17ClN2S. The number of nitrogens with two attached hydrogens (primary N) is 1. The zero-order valence-electron chi connectivity index (χ0n) is 8.21. The Hall–Kier alpha value is -0.0900. The molecule has 0 saturated heterocycles. The molecule has 1 heterocycles. The van der Waals surface area contributed by atoms with Crippen molar-refractivity contribution in [2.24, 2.45) is 5.84 Å². The highest BCUT2D eigenvalue weighted by atomic mass is 35.5. The minimum Gasteiger partial charge on any atom is -0.271 e. The van der Waals surface area contributed by atoms with Crippen molar-refractivity contribution in [3.8, 4) is 0 Å². The number of halogens is 1. The third kappa shape index (κ3) is 4.42. The second-order valence-electron chi connectivity index (χ2n) is 3.37. The maximum atomic E-state index is 5.64. The first-order valence-electron chi connectivity index (χ1n) is 4.90. The molecular weight excluding hydrogens is 216 g/mol. The zero-order valence-corrected chi connectivity index (χ0v) is 9.78. The van der Waals surface area contributed by atoms with E-state index < -0.39 is 0 Å². The summed E-state index contributed by atoms with van der Waals surface area (Å²) in [5.74, 6) is 6.18. The molecule has 0 aliphatic heterocycles. The van der Waals surface area contributed by atoms with Crippen LogP contribution in [-0.4, -0.2) is 11.9 Å². The Labute approximate surface area is 94.4 Å². The molecule has 3 N–H and O–H groups in total. The average molecular weight is 233 g/mol. The van der Waals surface area contributed by atoms with Gasteiger partial charge in [0.25, 0.3) is 0 Å². The van der Waals surface area contributed by atoms with Gasteiger partial charge in [-0.2, -0.15) is 11.3 Å². The van der Waals surface area contributed by atoms with Crippen LogP contribution in [0, 0.1) is 0 Å². The molecule has 0 bridgehead atoms. The van der Waals surface area contributed by atoms with Gasteiger partial charge in [0.1, 0.15) is 0 Å². The van der Waals surface area contributed by atoms with E-state index in [0.29, 0.717) is 6.04 Å². The third-order valence-corrected chi connectivity index (χ3v) is 3.28. The second-order valence-corrected chi connectivity index (χ2v) is 4.52. The number of thiophene rings is 1. The number of nitrogens with one attached hydrogen (secondary N) is 1. The van der Waals surface area contributed by atoms with Crippen LogP contribution in [0.15, 0.2) is 16.8 Å². The van der Waals surface area contributed by atoms with Crippen LogP contribution in [0.5, 0.6) is 0 Å². The van der Waals surface area contributed by atoms with Gasteiger partial charge in [0.15, 0.2) is 0 Å². The van der Waals surface area contributed by atoms with Gasteiger partial charge in [0.2, 0.25) is 0 Å². The highest BCUT2D eigenvalue weighted by Gasteiger charge is 2.06. The number of alkyl halides is 1. The summed E-state index contributed by atoms with van der Waals surface area (Å²) in [6.45, 7) is 0. The summed E-state index contributed by atoms with van der Waals surface area (Å²) in [4.78, 5) is 0. The summed E-state index contributed by atoms with van der Waals surface area (Å²) >= 11 is 7.38. The van der Waals surface area contributed by atoms with Gasteiger partial charge in [0.05, 0.1) is 0 Å². The first-order valence-corrected chi connectivity index (χ1v) is 6.37. The number of hydrogen-bond acceptors (Lipinski definition) is 3. The fourth-order valence-corrected chi connectivity index (χ4v) is 2.27. The van der Waals surface area contributed by atoms with Gasteiger partial charge in [-0.05, 0) is 48.1 Å². The van der Waals surface area contributed by atoms with E-state index in [1.807, 2.05) is 0 Å². The predicted molar refractivity (Wildman–Crippen MR) is 63.7 cm³/mol. The molecule has 0 aliphatic rings. The summed E-state index contributed by atoms with van der Waals surface area (Å²) in [5.41, 5.74) is 4.25. The molecule has 80 valence electrons. The molecule has 1 aromatic heterocycles. The van der Waals surface area contributed by atoms with Gasteiger partial charge in [0, 0.05) is 11.9 Å². The van der Waals surface area contributed by atoms with Crippen LogP contribution in [0.3, 0.4) is 0 Å². The van der Waals surface area contributed by atoms with E-state index in [1.165, 1.54) is 5.56 Å². The SMILES string of the molecule is NNC(CCCCl)CCc1ccsc1. The Morgan fingerprint density at radius 1 is 1.50 bits per heavy atom. The maximum Gasteiger partial charge on any atom is 0.0224 e. The lowest BCUT2D eigenvalue weighted by molar-refractivity contribution is 0.460. The number of hydrazine groups is 1. The van der Waals surface area contributed by atoms with Crippen LogP contribution in [0.1, 0.15) is 24.8 Å². The summed E-state index contributed by atoms with van der Waals surface area (Å²) in [6, 6.07) is 2.56. The normalized spacial score (nSPS) is 13.0. The molecule has 1 unspecified atom stereocenters. The van der Waals surface area contributed by atoms with Crippen molar-refractivity contribution in [2.45, 2.75) is 31.7 Å². The molecule has 4 heteroatoms. The van der Waals surface area contributed by atoms with Crippen LogP contribution in [0.2, 0.25) is 0 Å². The monoisotopic (exact) mass is 232 g/mol. The number of hydrogen-bond donors (Lipinski definition) is 2. The van der Waals surface area contributed by atoms with Crippen LogP contribution < -0.4 is 11.3 Å². The lowest BCUT2D eigenvalue weighted by Gasteiger charge is -2.14. The maximum absolute atomic E-state index is 5.64. The van der Waals surface area contributed by atoms with Gasteiger partial charge < -0.3 is 0 Å². The summed E-state index contributed by atoms with van der Waals surface area (Å²) < 4.78 is 0. The minimum absolute atomic E-state index is 0.397. The Morgan fingerprint density at radius 3 is 2.93 bits per heavy atom. The van der Waals surface area contributed by atoms with E-state index in [2.05, 4.69) is 22.3 Å². The van der Waals surface area contributed by atoms with Crippen LogP contribution in [-0.2, 0) is 6.42 Å². The Bertz CT molecular complexity index is 226. The van der Waals surface area contributed by atoms with Crippen molar-refractivity contribution >= 4 is 22.9 Å². The topological polar surface area (TPSA) is 38.0 Å². The molecule has 0 radical (unpaired) electrons. The van der Waals surface area contributed by atoms with E-state index in [9.17, 15) is 0 Å². The fourth-order valence-electron chi connectivity index (χ4n) is 1.41. The summed E-state index contributed by atoms with van der Waals surface area (Å²) in [7, 11) is 0. The van der Waals surface area contributed by atoms with Crippen molar-refractivity contribution in [2.75, 3.05) is 5.88 Å². The van der Waals surface area contributed by atoms with E-state index in [4.69, 9.17) is 17.4 Å². The second kappa shape index (κ2) is 7.23. The van der Waals surface area contributed by atoms with Crippen molar-refractivity contribution in [1.29, 1.82) is 0 Å². The van der Waals surface area contributed by atoms with Crippen molar-refractivity contribution in [3.63, 3.8) is 0 Å². The molecule has 0 spiro atoms. The Morgan fingerprint density at radius 2 is 2.36 bits per heavy atom. The van der Waals surface area contributed by atoms with Crippen LogP contribution >= 0.6 is 22.9 Å². The van der Waals surface area contributed by atoms with E-state index in [0.717, 1.165) is 31.6 Å². The first kappa shape index (κ1) is 12.0. The quantitative estimate of drug-likeness (QED) is 0.431. The highest BCUT2D eigenvalue weighted by Crippen LogP contribution is 2.11. The molecule has 0 aliphatic carbocycles. The molecule has 0 fully saturated rings. The lowest BCUT2D eigenvalue weighted by Crippen LogP contribution is -2.35. The molecule has 14 heavy (non-hydrogen) atoms. The molecule has 2 nitrogen and oxygen atoms in total. The molecule has 1 rings (SSSR count). The standard InChI is InChI=1S/C10H17ClN2S/c11-6-1-2-10(13-12)4-3-9-5-7-14-8-9/h5,7-8,10,13H,1-4,6,12H2. The van der Waals surface area contributed by atoms with Gasteiger partial charge in [-0.25, -0.2) is 0 Å². The van der Waals surface area contributed by atoms with Gasteiger partial charge in [-0.1, -0.05) is 0 Å². The van der Waals surface area contributed by atoms with Crippen molar-refractivity contribution in [1.82, 2.24) is 5.43 Å². The van der Waals surface area contributed by atoms with Gasteiger partial charge in [-0.3, -0.25) is 11.3 Å². The first-order chi connectivity index (χ1) is 6.86. The van der Waals surface area contributed by atoms with Crippen molar-refractivity contribution in [3.05, 3.63) is 22.4 Å². The predicted octanol–water partition coefficient (Wildman–Crippen LogP) is 2.53. The van der Waals surface area contributed by atoms with E-state index in [1.54, 1.807) is 11.3 Å². The minimum atomic E-state index is 0.397. The average Bonchev–Trinajstić information content (AvgIpc) is 2.71. The number of rotatable bonds is 7. The summed E-state index contributed by atoms with van der Waals surface area (Å²) in [5, 5.41) is 4.30. The third-order valence-electron chi connectivity index (χ3n) is 2.28. The Balaban J connectivity index is 2.20. The number of aryl methyl sites for hydroxylation is 1. The van der Waals surface area contributed by atoms with Crippen LogP contribution in [0.4, 0.5) is 0 Å². The lowest BCUT2D eigenvalue weighted by atomic mass is 10.0. The van der Waals surface area contributed by atoms with Crippen LogP contribution in [0.25, 0.3) is 0 Å². The smallest absolute Gasteiger partial charge is 0.0224 e. The molecule has 0 saturated carbocycles. The summed E-state index contributed by atoms with van der Waals surface area (Å²) in [6.07, 6.45) is 4.27. The molecule has 1 aromatic rings. The molecule has 0 aromatic carbocycles. The van der Waals surface area contributed by atoms with Gasteiger partial charge >= 0.3 is 0 Å². The Kier molecular flexibility index (Phi) is 6.19. The van der Waals surface area contributed by atoms with E-state index >= 15 is 0 Å². The van der Waals surface area contributed by atoms with Crippen molar-refractivity contribution < 1.29 is 0 Å². The molecule has 1 atom stereocenters. The highest BCUT2D eigenvalue weighted by molar-refractivity contribution is 7.07. The fraction of sp³-hybridized carbons (Fsp3) is 0.600. The van der Waals surface area contributed by atoms with E-state index in [-0.39, 0.29) is 0 Å².